The van der Waals surface area contributed by atoms with Gasteiger partial charge in [0.1, 0.15) is 5.82 Å². The fraction of sp³-hybridized carbons (Fsp3) is 0.818. The van der Waals surface area contributed by atoms with E-state index in [0.717, 1.165) is 24.9 Å². The van der Waals surface area contributed by atoms with Crippen LogP contribution in [-0.4, -0.2) is 41.1 Å². The van der Waals surface area contributed by atoms with Gasteiger partial charge in [-0.05, 0) is 19.9 Å². The van der Waals surface area contributed by atoms with Gasteiger partial charge in [-0.2, -0.15) is 5.10 Å². The van der Waals surface area contributed by atoms with Crippen molar-refractivity contribution in [3.8, 4) is 0 Å². The molecular weight excluding hydrogens is 204 g/mol. The Balaban J connectivity index is 1.86. The maximum Gasteiger partial charge on any atom is 0.154 e. The number of hydrogen-bond donors (Lipinski definition) is 1. The molecule has 0 amide bonds. The lowest BCUT2D eigenvalue weighted by Crippen LogP contribution is -2.32. The molecule has 2 heterocycles. The van der Waals surface area contributed by atoms with Gasteiger partial charge in [-0.1, -0.05) is 0 Å². The number of aromatic nitrogens is 3. The largest absolute Gasteiger partial charge is 0.379 e. The first-order chi connectivity index (χ1) is 7.79. The lowest BCUT2D eigenvalue weighted by molar-refractivity contribution is 0.187. The number of rotatable bonds is 3. The van der Waals surface area contributed by atoms with E-state index >= 15 is 0 Å². The molecule has 3 rings (SSSR count). The Kier molecular flexibility index (Phi) is 2.44. The number of likely N-dealkylation sites (N-methyl/N-ethyl adjacent to an activating group) is 1. The van der Waals surface area contributed by atoms with Crippen molar-refractivity contribution in [2.75, 3.05) is 20.3 Å². The summed E-state index contributed by atoms with van der Waals surface area (Å²) in [6.45, 7) is 1.52. The van der Waals surface area contributed by atoms with Crippen molar-refractivity contribution in [2.24, 2.45) is 7.05 Å². The molecule has 0 radical (unpaired) electrons. The first-order valence-electron chi connectivity index (χ1n) is 5.95. The molecular formula is C11H18N4O. The monoisotopic (exact) mass is 222 g/mol. The predicted molar refractivity (Wildman–Crippen MR) is 59.4 cm³/mol. The molecule has 1 aromatic heterocycles. The van der Waals surface area contributed by atoms with Gasteiger partial charge in [-0.25, -0.2) is 4.98 Å². The topological polar surface area (TPSA) is 52.0 Å². The van der Waals surface area contributed by atoms with E-state index in [1.165, 1.54) is 12.8 Å². The van der Waals surface area contributed by atoms with E-state index in [2.05, 4.69) is 15.4 Å². The summed E-state index contributed by atoms with van der Waals surface area (Å²) >= 11 is 0. The van der Waals surface area contributed by atoms with Crippen LogP contribution in [-0.2, 0) is 11.8 Å². The summed E-state index contributed by atoms with van der Waals surface area (Å²) in [5.74, 6) is 3.06. The molecule has 16 heavy (non-hydrogen) atoms. The Bertz CT molecular complexity index is 385. The smallest absolute Gasteiger partial charge is 0.154 e. The zero-order valence-corrected chi connectivity index (χ0v) is 9.81. The maximum absolute atomic E-state index is 5.51. The average molecular weight is 222 g/mol. The summed E-state index contributed by atoms with van der Waals surface area (Å²) in [6, 6.07) is 0.370. The van der Waals surface area contributed by atoms with Crippen molar-refractivity contribution in [3.63, 3.8) is 0 Å². The molecule has 1 saturated heterocycles. The van der Waals surface area contributed by atoms with Crippen LogP contribution >= 0.6 is 0 Å². The highest BCUT2D eigenvalue weighted by molar-refractivity contribution is 5.11. The van der Waals surface area contributed by atoms with Crippen LogP contribution in [0, 0.1) is 0 Å². The molecule has 1 aromatic rings. The number of ether oxygens (including phenoxy) is 1. The normalized spacial score (nSPS) is 29.9. The van der Waals surface area contributed by atoms with Gasteiger partial charge in [0, 0.05) is 19.0 Å². The highest BCUT2D eigenvalue weighted by Crippen LogP contribution is 2.38. The van der Waals surface area contributed by atoms with Crippen LogP contribution < -0.4 is 5.32 Å². The molecule has 5 nitrogen and oxygen atoms in total. The quantitative estimate of drug-likeness (QED) is 0.804. The lowest BCUT2D eigenvalue weighted by atomic mass is 10.0. The van der Waals surface area contributed by atoms with Crippen LogP contribution in [0.25, 0.3) is 0 Å². The molecule has 1 saturated carbocycles. The average Bonchev–Trinajstić information content (AvgIpc) is 2.90. The van der Waals surface area contributed by atoms with Gasteiger partial charge in [0.05, 0.1) is 19.1 Å². The van der Waals surface area contributed by atoms with E-state index in [0.29, 0.717) is 17.9 Å². The molecule has 2 unspecified atom stereocenters. The molecule has 1 aliphatic heterocycles. The second-order valence-corrected chi connectivity index (χ2v) is 4.77. The van der Waals surface area contributed by atoms with Gasteiger partial charge in [0.25, 0.3) is 0 Å². The van der Waals surface area contributed by atoms with Gasteiger partial charge >= 0.3 is 0 Å². The van der Waals surface area contributed by atoms with Gasteiger partial charge in [-0.15, -0.1) is 0 Å². The summed E-state index contributed by atoms with van der Waals surface area (Å²) in [7, 11) is 3.96. The first-order valence-corrected chi connectivity index (χ1v) is 5.95. The van der Waals surface area contributed by atoms with Crippen molar-refractivity contribution < 1.29 is 4.74 Å². The SMILES string of the molecule is CNC1COCC1c1nc(C2CC2)nn1C. The fourth-order valence-electron chi connectivity index (χ4n) is 2.35. The molecule has 2 atom stereocenters. The minimum atomic E-state index is 0.343. The molecule has 2 aliphatic rings. The van der Waals surface area contributed by atoms with E-state index < -0.39 is 0 Å². The molecule has 1 N–H and O–H groups in total. The number of hydrogen-bond acceptors (Lipinski definition) is 4. The summed E-state index contributed by atoms with van der Waals surface area (Å²) in [4.78, 5) is 4.68. The molecule has 5 heteroatoms. The second kappa shape index (κ2) is 3.82. The Hall–Kier alpha value is -0.940. The zero-order valence-electron chi connectivity index (χ0n) is 9.81. The fourth-order valence-corrected chi connectivity index (χ4v) is 2.35. The maximum atomic E-state index is 5.51. The molecule has 1 aliphatic carbocycles. The first kappa shape index (κ1) is 10.2. The predicted octanol–water partition coefficient (Wildman–Crippen LogP) is 0.394. The number of nitrogens with zero attached hydrogens (tertiary/aromatic N) is 3. The van der Waals surface area contributed by atoms with E-state index in [-0.39, 0.29) is 0 Å². The third-order valence-corrected chi connectivity index (χ3v) is 3.54. The molecule has 0 spiro atoms. The van der Waals surface area contributed by atoms with Crippen LogP contribution in [0.15, 0.2) is 0 Å². The Morgan fingerprint density at radius 3 is 2.88 bits per heavy atom. The molecule has 88 valence electrons. The molecule has 0 bridgehead atoms. The zero-order chi connectivity index (χ0) is 11.1. The van der Waals surface area contributed by atoms with Crippen molar-refractivity contribution >= 4 is 0 Å². The second-order valence-electron chi connectivity index (χ2n) is 4.77. The third-order valence-electron chi connectivity index (χ3n) is 3.54. The van der Waals surface area contributed by atoms with Gasteiger partial charge in [0.15, 0.2) is 5.82 Å². The summed E-state index contributed by atoms with van der Waals surface area (Å²) in [6.07, 6.45) is 2.50. The third kappa shape index (κ3) is 1.64. The lowest BCUT2D eigenvalue weighted by Gasteiger charge is -2.15. The van der Waals surface area contributed by atoms with Crippen molar-refractivity contribution in [1.82, 2.24) is 20.1 Å². The summed E-state index contributed by atoms with van der Waals surface area (Å²) < 4.78 is 7.44. The van der Waals surface area contributed by atoms with Crippen molar-refractivity contribution in [3.05, 3.63) is 11.6 Å². The van der Waals surface area contributed by atoms with E-state index in [1.54, 1.807) is 0 Å². The van der Waals surface area contributed by atoms with E-state index in [4.69, 9.17) is 4.74 Å². The summed E-state index contributed by atoms with van der Waals surface area (Å²) in [5, 5.41) is 7.80. The van der Waals surface area contributed by atoms with E-state index in [1.807, 2.05) is 18.8 Å². The van der Waals surface area contributed by atoms with Crippen LogP contribution in [0.2, 0.25) is 0 Å². The van der Waals surface area contributed by atoms with Gasteiger partial charge < -0.3 is 10.1 Å². The summed E-state index contributed by atoms with van der Waals surface area (Å²) in [5.41, 5.74) is 0. The number of aryl methyl sites for hydroxylation is 1. The number of nitrogens with one attached hydrogen (secondary N) is 1. The van der Waals surface area contributed by atoms with Crippen LogP contribution in [0.4, 0.5) is 0 Å². The van der Waals surface area contributed by atoms with Crippen LogP contribution in [0.3, 0.4) is 0 Å². The highest BCUT2D eigenvalue weighted by Gasteiger charge is 2.34. The molecule has 2 fully saturated rings. The van der Waals surface area contributed by atoms with E-state index in [9.17, 15) is 0 Å². The Morgan fingerprint density at radius 2 is 2.19 bits per heavy atom. The minimum absolute atomic E-state index is 0.343. The van der Waals surface area contributed by atoms with Gasteiger partial charge in [-0.3, -0.25) is 4.68 Å². The van der Waals surface area contributed by atoms with Crippen LogP contribution in [0.1, 0.15) is 36.3 Å². The van der Waals surface area contributed by atoms with Gasteiger partial charge in [0.2, 0.25) is 0 Å². The highest BCUT2D eigenvalue weighted by atomic mass is 16.5. The van der Waals surface area contributed by atoms with Crippen molar-refractivity contribution in [2.45, 2.75) is 30.7 Å². The Morgan fingerprint density at radius 1 is 1.38 bits per heavy atom. The minimum Gasteiger partial charge on any atom is -0.379 e. The molecule has 0 aromatic carbocycles. The standard InChI is InChI=1S/C11H18N4O/c1-12-9-6-16-5-8(9)11-13-10(7-3-4-7)14-15(11)2/h7-9,12H,3-6H2,1-2H3. The van der Waals surface area contributed by atoms with Crippen molar-refractivity contribution in [1.29, 1.82) is 0 Å². The Labute approximate surface area is 95.2 Å². The van der Waals surface area contributed by atoms with Crippen LogP contribution in [0.5, 0.6) is 0 Å².